The van der Waals surface area contributed by atoms with Crippen LogP contribution in [0.5, 0.6) is 0 Å². The van der Waals surface area contributed by atoms with Gasteiger partial charge in [-0.2, -0.15) is 0 Å². The van der Waals surface area contributed by atoms with E-state index in [1.807, 2.05) is 99.6 Å². The fourth-order valence-electron chi connectivity index (χ4n) is 3.62. The topological polar surface area (TPSA) is 17.1 Å². The molecule has 0 aliphatic rings. The highest BCUT2D eigenvalue weighted by molar-refractivity contribution is 5.75. The second kappa shape index (κ2) is 36.7. The van der Waals surface area contributed by atoms with Gasteiger partial charge in [0.15, 0.2) is 0 Å². The maximum atomic E-state index is 10.0. The van der Waals surface area contributed by atoms with E-state index < -0.39 is 0 Å². The third-order valence-electron chi connectivity index (χ3n) is 5.56. The Bertz CT molecular complexity index is 1330. The summed E-state index contributed by atoms with van der Waals surface area (Å²) in [4.78, 5) is 10.0. The normalized spacial score (nSPS) is 8.75. The van der Waals surface area contributed by atoms with Gasteiger partial charge in [-0.3, -0.25) is 4.79 Å². The summed E-state index contributed by atoms with van der Waals surface area (Å²) in [6.07, 6.45) is 9.41. The Kier molecular flexibility index (Phi) is 36.5. The van der Waals surface area contributed by atoms with Gasteiger partial charge in [-0.15, -0.1) is 0 Å². The van der Waals surface area contributed by atoms with Gasteiger partial charge < -0.3 is 0 Å². The maximum Gasteiger partial charge on any atom is 0.150 e. The molecule has 0 saturated carbocycles. The van der Waals surface area contributed by atoms with E-state index in [1.165, 1.54) is 33.4 Å². The molecule has 0 N–H and O–H groups in total. The highest BCUT2D eigenvalue weighted by Gasteiger charge is 1.91. The number of carbonyl (C=O) groups excluding carboxylic acids is 1. The molecule has 0 fully saturated rings. The van der Waals surface area contributed by atoms with Gasteiger partial charge in [0.25, 0.3) is 0 Å². The van der Waals surface area contributed by atoms with Crippen LogP contribution in [0.15, 0.2) is 140 Å². The Morgan fingerprint density at radius 3 is 0.854 bits per heavy atom. The maximum absolute atomic E-state index is 10.0. The Morgan fingerprint density at radius 2 is 0.583 bits per heavy atom. The molecule has 0 radical (unpaired) electrons. The molecule has 0 amide bonds. The van der Waals surface area contributed by atoms with Gasteiger partial charge in [-0.05, 0) is 42.2 Å². The first kappa shape index (κ1) is 47.7. The lowest BCUT2D eigenvalue weighted by Gasteiger charge is -1.98. The molecule has 0 unspecified atom stereocenters. The average Bonchev–Trinajstić information content (AvgIpc) is 3.19. The second-order valence-electron chi connectivity index (χ2n) is 8.84. The molecule has 0 aromatic heterocycles. The first-order chi connectivity index (χ1) is 23.6. The van der Waals surface area contributed by atoms with Crippen molar-refractivity contribution in [1.29, 1.82) is 0 Å². The Balaban J connectivity index is -0.000000644. The molecule has 5 aromatic carbocycles. The molecule has 5 rings (SSSR count). The Morgan fingerprint density at radius 1 is 0.312 bits per heavy atom. The van der Waals surface area contributed by atoms with Gasteiger partial charge in [-0.1, -0.05) is 238 Å². The first-order valence-corrected chi connectivity index (χ1v) is 17.7. The van der Waals surface area contributed by atoms with Crippen LogP contribution in [-0.2, 0) is 0 Å². The van der Waals surface area contributed by atoms with Gasteiger partial charge >= 0.3 is 0 Å². The van der Waals surface area contributed by atoms with Gasteiger partial charge in [0.05, 0.1) is 0 Å². The summed E-state index contributed by atoms with van der Waals surface area (Å²) in [7, 11) is 0. The van der Waals surface area contributed by atoms with Crippen molar-refractivity contribution in [2.45, 2.75) is 83.1 Å². The van der Waals surface area contributed by atoms with Crippen LogP contribution in [0, 0.1) is 13.8 Å². The van der Waals surface area contributed by atoms with E-state index >= 15 is 0 Å². The standard InChI is InChI=1S/C22H18.C8H10.C7H6O.5C2H6/c1-3-8-19(9-4-1)14-16-21-12-7-13-22(18-21)17-15-20-10-5-2-6-11-20;1-7-4-3-5-8(2)6-7;8-6-7-4-2-1-3-5-7;5*1-2/h1-18H;3-6H,1-2H3;1-6H;5*1-2H3/b16-14+,17-15+;;;;;;;. The van der Waals surface area contributed by atoms with Gasteiger partial charge in [0.1, 0.15) is 6.29 Å². The van der Waals surface area contributed by atoms with Crippen LogP contribution >= 0.6 is 0 Å². The van der Waals surface area contributed by atoms with Crippen molar-refractivity contribution in [3.8, 4) is 0 Å². The number of rotatable bonds is 5. The molecule has 0 saturated heterocycles. The summed E-state index contributed by atoms with van der Waals surface area (Å²) < 4.78 is 0. The number of hydrogen-bond acceptors (Lipinski definition) is 1. The average molecular weight is 645 g/mol. The van der Waals surface area contributed by atoms with Crippen LogP contribution in [0.3, 0.4) is 0 Å². The molecule has 1 heteroatoms. The minimum absolute atomic E-state index is 0.729. The van der Waals surface area contributed by atoms with Crippen molar-refractivity contribution >= 4 is 30.6 Å². The lowest BCUT2D eigenvalue weighted by atomic mass is 10.1. The Labute approximate surface area is 296 Å². The predicted octanol–water partition coefficient (Wildman–Crippen LogP) is 15.0. The van der Waals surface area contributed by atoms with Gasteiger partial charge in [-0.25, -0.2) is 0 Å². The molecule has 5 aromatic rings. The molecule has 0 aliphatic heterocycles. The fourth-order valence-corrected chi connectivity index (χ4v) is 3.62. The van der Waals surface area contributed by atoms with Gasteiger partial charge in [0.2, 0.25) is 0 Å². The third-order valence-corrected chi connectivity index (χ3v) is 5.56. The zero-order chi connectivity index (χ0) is 36.8. The highest BCUT2D eigenvalue weighted by atomic mass is 16.1. The second-order valence-corrected chi connectivity index (χ2v) is 8.84. The van der Waals surface area contributed by atoms with E-state index in [1.54, 1.807) is 12.1 Å². The number of benzene rings is 5. The summed E-state index contributed by atoms with van der Waals surface area (Å²) >= 11 is 0. The monoisotopic (exact) mass is 644 g/mol. The van der Waals surface area contributed by atoms with Crippen molar-refractivity contribution < 1.29 is 4.79 Å². The van der Waals surface area contributed by atoms with Crippen LogP contribution in [-0.4, -0.2) is 6.29 Å². The summed E-state index contributed by atoms with van der Waals surface area (Å²) in [5, 5.41) is 0. The number of hydrogen-bond donors (Lipinski definition) is 0. The van der Waals surface area contributed by atoms with Crippen molar-refractivity contribution in [3.63, 3.8) is 0 Å². The van der Waals surface area contributed by atoms with Crippen LogP contribution in [0.25, 0.3) is 24.3 Å². The number of aldehydes is 1. The molecule has 258 valence electrons. The van der Waals surface area contributed by atoms with Crippen molar-refractivity contribution in [2.24, 2.45) is 0 Å². The SMILES string of the molecule is C(=C\c1cccc(/C=C/c2ccccc2)c1)/c1ccccc1.CC.CC.CC.CC.CC.Cc1cccc(C)c1.O=Cc1ccccc1. The molecule has 0 bridgehead atoms. The zero-order valence-electron chi connectivity index (χ0n) is 32.1. The fraction of sp³-hybridized carbons (Fsp3) is 0.255. The third kappa shape index (κ3) is 25.4. The number of carbonyl (C=O) groups is 1. The van der Waals surface area contributed by atoms with Crippen molar-refractivity contribution in [3.05, 3.63) is 178 Å². The zero-order valence-corrected chi connectivity index (χ0v) is 32.1. The summed E-state index contributed by atoms with van der Waals surface area (Å²) in [6.45, 7) is 24.2. The smallest absolute Gasteiger partial charge is 0.150 e. The van der Waals surface area contributed by atoms with Crippen LogP contribution < -0.4 is 0 Å². The van der Waals surface area contributed by atoms with E-state index in [2.05, 4.69) is 135 Å². The Hall–Kier alpha value is -4.75. The van der Waals surface area contributed by atoms with E-state index in [9.17, 15) is 4.79 Å². The van der Waals surface area contributed by atoms with Crippen LogP contribution in [0.4, 0.5) is 0 Å². The highest BCUT2D eigenvalue weighted by Crippen LogP contribution is 2.13. The lowest BCUT2D eigenvalue weighted by Crippen LogP contribution is -1.76. The summed E-state index contributed by atoms with van der Waals surface area (Å²) in [6, 6.07) is 46.8. The summed E-state index contributed by atoms with van der Waals surface area (Å²) in [5.74, 6) is 0. The molecular weight excluding hydrogens is 581 g/mol. The molecule has 48 heavy (non-hydrogen) atoms. The van der Waals surface area contributed by atoms with E-state index in [0.29, 0.717) is 0 Å². The molecule has 0 heterocycles. The minimum Gasteiger partial charge on any atom is -0.298 e. The van der Waals surface area contributed by atoms with E-state index in [4.69, 9.17) is 0 Å². The molecular formula is C47H64O. The summed E-state index contributed by atoms with van der Waals surface area (Å²) in [5.41, 5.74) is 8.25. The first-order valence-electron chi connectivity index (χ1n) is 17.7. The molecule has 0 atom stereocenters. The molecule has 0 aliphatic carbocycles. The quantitative estimate of drug-likeness (QED) is 0.137. The van der Waals surface area contributed by atoms with Crippen molar-refractivity contribution in [2.75, 3.05) is 0 Å². The lowest BCUT2D eigenvalue weighted by molar-refractivity contribution is 0.112. The van der Waals surface area contributed by atoms with E-state index in [0.717, 1.165) is 11.8 Å². The minimum atomic E-state index is 0.729. The van der Waals surface area contributed by atoms with E-state index in [-0.39, 0.29) is 0 Å². The number of aryl methyl sites for hydroxylation is 2. The van der Waals surface area contributed by atoms with Crippen LogP contribution in [0.2, 0.25) is 0 Å². The molecule has 0 spiro atoms. The van der Waals surface area contributed by atoms with Gasteiger partial charge in [0, 0.05) is 5.56 Å². The molecule has 1 nitrogen and oxygen atoms in total. The predicted molar refractivity (Wildman–Crippen MR) is 222 cm³/mol. The largest absolute Gasteiger partial charge is 0.298 e. The van der Waals surface area contributed by atoms with Crippen LogP contribution in [0.1, 0.15) is 113 Å². The van der Waals surface area contributed by atoms with Crippen molar-refractivity contribution in [1.82, 2.24) is 0 Å².